The first-order valence-electron chi connectivity index (χ1n) is 7.85. The van der Waals surface area contributed by atoms with E-state index in [1.54, 1.807) is 12.1 Å². The second-order valence-electron chi connectivity index (χ2n) is 6.34. The zero-order chi connectivity index (χ0) is 15.7. The van der Waals surface area contributed by atoms with Gasteiger partial charge in [-0.2, -0.15) is 8.78 Å². The van der Waals surface area contributed by atoms with Crippen molar-refractivity contribution in [2.24, 2.45) is 5.92 Å². The average Bonchev–Trinajstić information content (AvgIpc) is 2.46. The predicted molar refractivity (Wildman–Crippen MR) is 79.3 cm³/mol. The van der Waals surface area contributed by atoms with E-state index in [-0.39, 0.29) is 17.5 Å². The SMILES string of the molecule is CN1C2CCCC1CC(C(=O)c1cccc(OC(F)F)c1)C2. The first kappa shape index (κ1) is 15.4. The quantitative estimate of drug-likeness (QED) is 0.794. The molecule has 2 aliphatic rings. The Labute approximate surface area is 129 Å². The fourth-order valence-electron chi connectivity index (χ4n) is 3.89. The Morgan fingerprint density at radius 3 is 2.59 bits per heavy atom. The van der Waals surface area contributed by atoms with Gasteiger partial charge in [0.25, 0.3) is 0 Å². The zero-order valence-corrected chi connectivity index (χ0v) is 12.7. The summed E-state index contributed by atoms with van der Waals surface area (Å²) in [6, 6.07) is 7.12. The molecule has 5 heteroatoms. The third-order valence-corrected chi connectivity index (χ3v) is 5.05. The van der Waals surface area contributed by atoms with Crippen molar-refractivity contribution in [3.63, 3.8) is 0 Å². The summed E-state index contributed by atoms with van der Waals surface area (Å²) in [5, 5.41) is 0. The Morgan fingerprint density at radius 1 is 1.27 bits per heavy atom. The molecule has 0 spiro atoms. The lowest BCUT2D eigenvalue weighted by Gasteiger charge is -2.46. The Kier molecular flexibility index (Phi) is 4.43. The van der Waals surface area contributed by atoms with Crippen LogP contribution in [0.2, 0.25) is 0 Å². The molecule has 2 unspecified atom stereocenters. The number of hydrogen-bond acceptors (Lipinski definition) is 3. The van der Waals surface area contributed by atoms with E-state index in [1.165, 1.54) is 18.6 Å². The van der Waals surface area contributed by atoms with E-state index in [9.17, 15) is 13.6 Å². The highest BCUT2D eigenvalue weighted by atomic mass is 19.3. The number of benzene rings is 1. The van der Waals surface area contributed by atoms with Crippen LogP contribution >= 0.6 is 0 Å². The number of nitrogens with zero attached hydrogens (tertiary/aromatic N) is 1. The first-order chi connectivity index (χ1) is 10.5. The smallest absolute Gasteiger partial charge is 0.387 e. The molecular weight excluding hydrogens is 288 g/mol. The maximum atomic E-state index is 12.7. The minimum absolute atomic E-state index is 0.00620. The van der Waals surface area contributed by atoms with Crippen LogP contribution in [0.1, 0.15) is 42.5 Å². The molecule has 2 bridgehead atoms. The van der Waals surface area contributed by atoms with Gasteiger partial charge in [0.15, 0.2) is 5.78 Å². The van der Waals surface area contributed by atoms with Crippen LogP contribution in [-0.4, -0.2) is 36.4 Å². The standard InChI is InChI=1S/C17H21F2NO2/c1-20-13-5-3-6-14(20)9-12(8-13)16(21)11-4-2-7-15(10-11)22-17(18)19/h2,4,7,10,12-14,17H,3,5-6,8-9H2,1H3. The lowest BCUT2D eigenvalue weighted by Crippen LogP contribution is -2.51. The van der Waals surface area contributed by atoms with Gasteiger partial charge in [-0.15, -0.1) is 0 Å². The summed E-state index contributed by atoms with van der Waals surface area (Å²) in [4.78, 5) is 15.1. The molecule has 0 N–H and O–H groups in total. The number of halogens is 2. The molecule has 1 aromatic carbocycles. The molecule has 1 aromatic rings. The highest BCUT2D eigenvalue weighted by Crippen LogP contribution is 2.37. The van der Waals surface area contributed by atoms with E-state index in [4.69, 9.17) is 0 Å². The molecule has 0 saturated carbocycles. The lowest BCUT2D eigenvalue weighted by atomic mass is 9.76. The fraction of sp³-hybridized carbons (Fsp3) is 0.588. The van der Waals surface area contributed by atoms with Crippen LogP contribution in [0.25, 0.3) is 0 Å². The van der Waals surface area contributed by atoms with Crippen molar-refractivity contribution < 1.29 is 18.3 Å². The molecule has 120 valence electrons. The Hall–Kier alpha value is -1.49. The minimum Gasteiger partial charge on any atom is -0.435 e. The predicted octanol–water partition coefficient (Wildman–Crippen LogP) is 3.73. The van der Waals surface area contributed by atoms with Gasteiger partial charge in [-0.25, -0.2) is 0 Å². The van der Waals surface area contributed by atoms with Crippen LogP contribution in [0.15, 0.2) is 24.3 Å². The number of hydrogen-bond donors (Lipinski definition) is 0. The van der Waals surface area contributed by atoms with Gasteiger partial charge in [0.05, 0.1) is 0 Å². The van der Waals surface area contributed by atoms with E-state index < -0.39 is 6.61 Å². The molecule has 2 aliphatic heterocycles. The van der Waals surface area contributed by atoms with E-state index in [0.717, 1.165) is 25.7 Å². The van der Waals surface area contributed by atoms with Gasteiger partial charge in [0.2, 0.25) is 0 Å². The summed E-state index contributed by atoms with van der Waals surface area (Å²) in [6.45, 7) is -2.87. The van der Waals surface area contributed by atoms with Crippen LogP contribution < -0.4 is 4.74 Å². The molecule has 0 radical (unpaired) electrons. The van der Waals surface area contributed by atoms with Crippen molar-refractivity contribution in [2.45, 2.75) is 50.8 Å². The molecule has 0 aliphatic carbocycles. The summed E-state index contributed by atoms with van der Waals surface area (Å²) in [5.74, 6) is 0.104. The Bertz CT molecular complexity index is 535. The molecular formula is C17H21F2NO2. The van der Waals surface area contributed by atoms with Crippen molar-refractivity contribution in [2.75, 3.05) is 7.05 Å². The summed E-state index contributed by atoms with van der Waals surface area (Å²) >= 11 is 0. The van der Waals surface area contributed by atoms with Crippen LogP contribution in [0.4, 0.5) is 8.78 Å². The van der Waals surface area contributed by atoms with Crippen molar-refractivity contribution >= 4 is 5.78 Å². The van der Waals surface area contributed by atoms with Crippen LogP contribution in [-0.2, 0) is 0 Å². The topological polar surface area (TPSA) is 29.5 Å². The third kappa shape index (κ3) is 3.14. The summed E-state index contributed by atoms with van der Waals surface area (Å²) < 4.78 is 29.0. The number of alkyl halides is 2. The van der Waals surface area contributed by atoms with Gasteiger partial charge in [0, 0.05) is 23.6 Å². The van der Waals surface area contributed by atoms with E-state index in [2.05, 4.69) is 16.7 Å². The molecule has 2 saturated heterocycles. The summed E-state index contributed by atoms with van der Waals surface area (Å²) in [5.41, 5.74) is 0.478. The second-order valence-corrected chi connectivity index (χ2v) is 6.34. The second kappa shape index (κ2) is 6.32. The van der Waals surface area contributed by atoms with Gasteiger partial charge in [-0.05, 0) is 44.9 Å². The molecule has 3 rings (SSSR count). The number of ketones is 1. The van der Waals surface area contributed by atoms with E-state index in [0.29, 0.717) is 17.6 Å². The maximum absolute atomic E-state index is 12.7. The van der Waals surface area contributed by atoms with Gasteiger partial charge < -0.3 is 9.64 Å². The summed E-state index contributed by atoms with van der Waals surface area (Å²) in [7, 11) is 2.15. The normalized spacial score (nSPS) is 28.6. The molecule has 3 nitrogen and oxygen atoms in total. The third-order valence-electron chi connectivity index (χ3n) is 5.05. The number of carbonyl (C=O) groups excluding carboxylic acids is 1. The van der Waals surface area contributed by atoms with Gasteiger partial charge in [0.1, 0.15) is 5.75 Å². The van der Waals surface area contributed by atoms with Gasteiger partial charge in [-0.3, -0.25) is 4.79 Å². The molecule has 2 atom stereocenters. The number of carbonyl (C=O) groups is 1. The molecule has 2 heterocycles. The average molecular weight is 309 g/mol. The summed E-state index contributed by atoms with van der Waals surface area (Å²) in [6.07, 6.45) is 5.26. The number of piperidine rings is 2. The van der Waals surface area contributed by atoms with Crippen LogP contribution in [0.3, 0.4) is 0 Å². The molecule has 0 aromatic heterocycles. The number of Topliss-reactive ketones (excluding diaryl/α,β-unsaturated/α-hetero) is 1. The van der Waals surface area contributed by atoms with Gasteiger partial charge in [-0.1, -0.05) is 18.6 Å². The van der Waals surface area contributed by atoms with Crippen molar-refractivity contribution in [3.8, 4) is 5.75 Å². The number of fused-ring (bicyclic) bond motifs is 2. The zero-order valence-electron chi connectivity index (χ0n) is 12.7. The molecule has 2 fully saturated rings. The number of ether oxygens (including phenoxy) is 1. The first-order valence-corrected chi connectivity index (χ1v) is 7.85. The number of rotatable bonds is 4. The minimum atomic E-state index is -2.87. The van der Waals surface area contributed by atoms with E-state index >= 15 is 0 Å². The molecule has 22 heavy (non-hydrogen) atoms. The highest BCUT2D eigenvalue weighted by molar-refractivity contribution is 5.98. The Balaban J connectivity index is 1.74. The molecule has 0 amide bonds. The van der Waals surface area contributed by atoms with Crippen molar-refractivity contribution in [3.05, 3.63) is 29.8 Å². The Morgan fingerprint density at radius 2 is 1.95 bits per heavy atom. The van der Waals surface area contributed by atoms with Gasteiger partial charge >= 0.3 is 6.61 Å². The maximum Gasteiger partial charge on any atom is 0.387 e. The largest absolute Gasteiger partial charge is 0.435 e. The van der Waals surface area contributed by atoms with E-state index in [1.807, 2.05) is 0 Å². The van der Waals surface area contributed by atoms with Crippen LogP contribution in [0.5, 0.6) is 5.75 Å². The monoisotopic (exact) mass is 309 g/mol. The fourth-order valence-corrected chi connectivity index (χ4v) is 3.89. The highest BCUT2D eigenvalue weighted by Gasteiger charge is 2.38. The van der Waals surface area contributed by atoms with Crippen LogP contribution in [0, 0.1) is 5.92 Å². The van der Waals surface area contributed by atoms with Crippen molar-refractivity contribution in [1.82, 2.24) is 4.90 Å². The lowest BCUT2D eigenvalue weighted by molar-refractivity contribution is -0.0498. The van der Waals surface area contributed by atoms with Crippen molar-refractivity contribution in [1.29, 1.82) is 0 Å².